The van der Waals surface area contributed by atoms with E-state index in [1.54, 1.807) is 23.7 Å². The highest BCUT2D eigenvalue weighted by molar-refractivity contribution is 7.89. The first-order valence-electron chi connectivity index (χ1n) is 6.87. The van der Waals surface area contributed by atoms with Crippen LogP contribution in [0, 0.1) is 5.82 Å². The lowest BCUT2D eigenvalue weighted by molar-refractivity contribution is 0.467. The number of aryl methyl sites for hydroxylation is 1. The van der Waals surface area contributed by atoms with E-state index in [0.717, 1.165) is 0 Å². The Morgan fingerprint density at radius 3 is 2.77 bits per heavy atom. The normalized spacial score (nSPS) is 23.0. The van der Waals surface area contributed by atoms with Crippen molar-refractivity contribution in [3.63, 3.8) is 0 Å². The molecule has 22 heavy (non-hydrogen) atoms. The number of sulfonamides is 1. The molecule has 1 aromatic carbocycles. The third kappa shape index (κ3) is 2.65. The quantitative estimate of drug-likeness (QED) is 0.900. The average Bonchev–Trinajstić information content (AvgIpc) is 3.05. The van der Waals surface area contributed by atoms with Gasteiger partial charge in [-0.3, -0.25) is 0 Å². The number of aromatic nitrogens is 2. The summed E-state index contributed by atoms with van der Waals surface area (Å²) in [5, 5.41) is 0.00194. The molecule has 0 bridgehead atoms. The fraction of sp³-hybridized carbons (Fsp3) is 0.357. The topological polar surface area (TPSA) is 81.2 Å². The van der Waals surface area contributed by atoms with E-state index in [0.29, 0.717) is 5.56 Å². The van der Waals surface area contributed by atoms with Gasteiger partial charge in [0.2, 0.25) is 0 Å². The maximum atomic E-state index is 13.4. The van der Waals surface area contributed by atoms with Gasteiger partial charge in [0.1, 0.15) is 5.82 Å². The Hall–Kier alpha value is -1.77. The molecular weight excluding hydrogens is 307 g/mol. The zero-order valence-corrected chi connectivity index (χ0v) is 12.9. The van der Waals surface area contributed by atoms with E-state index in [-0.39, 0.29) is 35.9 Å². The maximum Gasteiger partial charge on any atom is 0.262 e. The van der Waals surface area contributed by atoms with Crippen LogP contribution in [0.25, 0.3) is 0 Å². The van der Waals surface area contributed by atoms with Gasteiger partial charge in [-0.2, -0.15) is 4.31 Å². The summed E-state index contributed by atoms with van der Waals surface area (Å²) in [6.07, 6.45) is 2.89. The molecule has 0 amide bonds. The van der Waals surface area contributed by atoms with Crippen molar-refractivity contribution in [2.24, 2.45) is 12.8 Å². The van der Waals surface area contributed by atoms with Crippen molar-refractivity contribution >= 4 is 10.0 Å². The second-order valence-corrected chi connectivity index (χ2v) is 7.41. The van der Waals surface area contributed by atoms with Gasteiger partial charge in [0.25, 0.3) is 10.0 Å². The fourth-order valence-electron chi connectivity index (χ4n) is 2.73. The van der Waals surface area contributed by atoms with Crippen molar-refractivity contribution in [3.8, 4) is 0 Å². The summed E-state index contributed by atoms with van der Waals surface area (Å²) in [6, 6.07) is 5.76. The van der Waals surface area contributed by atoms with Crippen molar-refractivity contribution in [1.29, 1.82) is 0 Å². The third-order valence-corrected chi connectivity index (χ3v) is 5.61. The van der Waals surface area contributed by atoms with Crippen molar-refractivity contribution in [3.05, 3.63) is 48.2 Å². The van der Waals surface area contributed by atoms with Crippen LogP contribution in [-0.2, 0) is 17.1 Å². The standard InChI is InChI=1S/C14H17FN4O2S/c1-18-8-14(17-9-18)22(20,21)19-6-12(13(16)7-19)10-3-2-4-11(15)5-10/h2-5,8-9,12-13H,6-7,16H2,1H3/t12-,13+/m0/s1. The summed E-state index contributed by atoms with van der Waals surface area (Å²) in [5.74, 6) is -0.579. The Morgan fingerprint density at radius 1 is 1.36 bits per heavy atom. The van der Waals surface area contributed by atoms with Crippen LogP contribution in [-0.4, -0.2) is 41.4 Å². The second kappa shape index (κ2) is 5.45. The molecule has 1 aromatic heterocycles. The number of hydrogen-bond donors (Lipinski definition) is 1. The first-order chi connectivity index (χ1) is 10.4. The van der Waals surface area contributed by atoms with Gasteiger partial charge in [-0.05, 0) is 17.7 Å². The molecule has 1 aliphatic heterocycles. The predicted molar refractivity (Wildman–Crippen MR) is 79.1 cm³/mol. The number of rotatable bonds is 3. The largest absolute Gasteiger partial charge is 0.339 e. The summed E-state index contributed by atoms with van der Waals surface area (Å²) in [4.78, 5) is 3.90. The van der Waals surface area contributed by atoms with Crippen LogP contribution in [0.2, 0.25) is 0 Å². The average molecular weight is 324 g/mol. The van der Waals surface area contributed by atoms with Crippen molar-refractivity contribution in [2.45, 2.75) is 17.0 Å². The lowest BCUT2D eigenvalue weighted by Crippen LogP contribution is -2.32. The lowest BCUT2D eigenvalue weighted by Gasteiger charge is -2.15. The minimum absolute atomic E-state index is 0.00194. The smallest absolute Gasteiger partial charge is 0.262 e. The number of imidazole rings is 1. The zero-order chi connectivity index (χ0) is 15.9. The van der Waals surface area contributed by atoms with Crippen molar-refractivity contribution < 1.29 is 12.8 Å². The summed E-state index contributed by atoms with van der Waals surface area (Å²) in [7, 11) is -1.97. The van der Waals surface area contributed by atoms with Crippen LogP contribution in [0.3, 0.4) is 0 Å². The van der Waals surface area contributed by atoms with Crippen molar-refractivity contribution in [1.82, 2.24) is 13.9 Å². The molecule has 6 nitrogen and oxygen atoms in total. The van der Waals surface area contributed by atoms with Gasteiger partial charge in [0, 0.05) is 38.3 Å². The molecule has 0 saturated carbocycles. The third-order valence-electron chi connectivity index (χ3n) is 3.89. The number of hydrogen-bond acceptors (Lipinski definition) is 4. The van der Waals surface area contributed by atoms with Crippen LogP contribution in [0.15, 0.2) is 41.8 Å². The molecule has 3 rings (SSSR count). The molecule has 8 heteroatoms. The molecule has 1 saturated heterocycles. The minimum atomic E-state index is -3.67. The van der Waals surface area contributed by atoms with E-state index in [2.05, 4.69) is 4.98 Å². The van der Waals surface area contributed by atoms with E-state index in [9.17, 15) is 12.8 Å². The van der Waals surface area contributed by atoms with E-state index >= 15 is 0 Å². The first kappa shape index (κ1) is 15.1. The Morgan fingerprint density at radius 2 is 2.14 bits per heavy atom. The number of nitrogens with zero attached hydrogens (tertiary/aromatic N) is 3. The molecular formula is C14H17FN4O2S. The van der Waals surface area contributed by atoms with Gasteiger partial charge in [-0.15, -0.1) is 0 Å². The van der Waals surface area contributed by atoms with Gasteiger partial charge >= 0.3 is 0 Å². The van der Waals surface area contributed by atoms with Gasteiger partial charge in [-0.25, -0.2) is 17.8 Å². The Labute approximate surface area is 128 Å². The molecule has 1 fully saturated rings. The van der Waals surface area contributed by atoms with E-state index < -0.39 is 10.0 Å². The zero-order valence-electron chi connectivity index (χ0n) is 12.1. The van der Waals surface area contributed by atoms with Crippen molar-refractivity contribution in [2.75, 3.05) is 13.1 Å². The molecule has 0 radical (unpaired) electrons. The Bertz CT molecular complexity index is 790. The molecule has 0 aliphatic carbocycles. The van der Waals surface area contributed by atoms with Gasteiger partial charge in [-0.1, -0.05) is 12.1 Å². The van der Waals surface area contributed by atoms with Crippen LogP contribution in [0.4, 0.5) is 4.39 Å². The SMILES string of the molecule is Cn1cnc(S(=O)(=O)N2C[C@@H](N)[C@H](c3cccc(F)c3)C2)c1. The molecule has 118 valence electrons. The molecule has 2 aromatic rings. The minimum Gasteiger partial charge on any atom is -0.339 e. The summed E-state index contributed by atoms with van der Waals surface area (Å²) < 4.78 is 41.4. The van der Waals surface area contributed by atoms with Gasteiger partial charge in [0.05, 0.1) is 6.33 Å². The number of nitrogens with two attached hydrogens (primary N) is 1. The Balaban J connectivity index is 1.87. The molecule has 0 spiro atoms. The van der Waals surface area contributed by atoms with Crippen LogP contribution in [0.5, 0.6) is 0 Å². The molecule has 2 heterocycles. The molecule has 1 aliphatic rings. The van der Waals surface area contributed by atoms with E-state index in [1.165, 1.54) is 29.0 Å². The van der Waals surface area contributed by atoms with E-state index in [1.807, 2.05) is 0 Å². The summed E-state index contributed by atoms with van der Waals surface area (Å²) >= 11 is 0. The molecule has 2 atom stereocenters. The monoisotopic (exact) mass is 324 g/mol. The first-order valence-corrected chi connectivity index (χ1v) is 8.31. The van der Waals surface area contributed by atoms with Crippen LogP contribution in [0.1, 0.15) is 11.5 Å². The highest BCUT2D eigenvalue weighted by Crippen LogP contribution is 2.30. The summed E-state index contributed by atoms with van der Waals surface area (Å²) in [6.45, 7) is 0.420. The maximum absolute atomic E-state index is 13.4. The highest BCUT2D eigenvalue weighted by Gasteiger charge is 2.39. The lowest BCUT2D eigenvalue weighted by atomic mass is 9.95. The van der Waals surface area contributed by atoms with E-state index in [4.69, 9.17) is 5.73 Å². The molecule has 2 N–H and O–H groups in total. The Kier molecular flexibility index (Phi) is 3.75. The van der Waals surface area contributed by atoms with Crippen LogP contribution >= 0.6 is 0 Å². The second-order valence-electron chi connectivity index (χ2n) is 5.52. The molecule has 0 unspecified atom stereocenters. The highest BCUT2D eigenvalue weighted by atomic mass is 32.2. The number of benzene rings is 1. The fourth-order valence-corrected chi connectivity index (χ4v) is 4.20. The summed E-state index contributed by atoms with van der Waals surface area (Å²) in [5.41, 5.74) is 6.79. The van der Waals surface area contributed by atoms with Gasteiger partial charge in [0.15, 0.2) is 5.03 Å². The predicted octanol–water partition coefficient (Wildman–Crippen LogP) is 0.675. The number of halogens is 1. The van der Waals surface area contributed by atoms with Gasteiger partial charge < -0.3 is 10.3 Å². The van der Waals surface area contributed by atoms with Crippen LogP contribution < -0.4 is 5.73 Å².